The molecule has 1 heterocycles. The van der Waals surface area contributed by atoms with Crippen molar-refractivity contribution in [2.24, 2.45) is 5.92 Å². The van der Waals surface area contributed by atoms with E-state index in [0.717, 1.165) is 38.1 Å². The number of nitrogens with zero attached hydrogens (tertiary/aromatic N) is 2. The van der Waals surface area contributed by atoms with Crippen molar-refractivity contribution < 1.29 is 18.7 Å². The van der Waals surface area contributed by atoms with Gasteiger partial charge in [-0.25, -0.2) is 4.39 Å². The Morgan fingerprint density at radius 3 is 2.80 bits per heavy atom. The zero-order chi connectivity index (χ0) is 17.8. The number of amides is 1. The average Bonchev–Trinajstić information content (AvgIpc) is 3.00. The first-order chi connectivity index (χ1) is 12.0. The molecule has 1 aliphatic carbocycles. The lowest BCUT2D eigenvalue weighted by atomic mass is 10.1. The predicted octanol–water partition coefficient (Wildman–Crippen LogP) is 1.91. The fraction of sp³-hybridized carbons (Fsp3) is 0.632. The number of morpholine rings is 1. The highest BCUT2D eigenvalue weighted by atomic mass is 19.1. The van der Waals surface area contributed by atoms with Crippen molar-refractivity contribution >= 4 is 5.91 Å². The van der Waals surface area contributed by atoms with Crippen LogP contribution in [0.4, 0.5) is 4.39 Å². The molecule has 2 aliphatic rings. The van der Waals surface area contributed by atoms with Crippen molar-refractivity contribution in [3.8, 4) is 0 Å². The molecule has 0 unspecified atom stereocenters. The Labute approximate surface area is 148 Å². The van der Waals surface area contributed by atoms with E-state index in [9.17, 15) is 9.18 Å². The minimum absolute atomic E-state index is 0.00963. The Balaban J connectivity index is 1.51. The summed E-state index contributed by atoms with van der Waals surface area (Å²) in [4.78, 5) is 15.6. The maximum Gasteiger partial charge on any atom is 0.248 e. The first-order valence-corrected chi connectivity index (χ1v) is 8.91. The molecule has 25 heavy (non-hydrogen) atoms. The Kier molecular flexibility index (Phi) is 6.04. The van der Waals surface area contributed by atoms with E-state index in [1.165, 1.54) is 12.1 Å². The van der Waals surface area contributed by atoms with E-state index in [1.54, 1.807) is 19.0 Å². The molecule has 3 rings (SSSR count). The number of hydrogen-bond acceptors (Lipinski definition) is 4. The number of ether oxygens (including phenoxy) is 2. The van der Waals surface area contributed by atoms with Crippen LogP contribution in [-0.2, 0) is 20.8 Å². The number of benzene rings is 1. The van der Waals surface area contributed by atoms with Crippen molar-refractivity contribution in [3.63, 3.8) is 0 Å². The number of carbonyl (C=O) groups excluding carboxylic acids is 1. The van der Waals surface area contributed by atoms with Gasteiger partial charge in [0.05, 0.1) is 19.3 Å². The molecule has 0 spiro atoms. The smallest absolute Gasteiger partial charge is 0.248 e. The molecule has 6 heteroatoms. The normalized spacial score (nSPS) is 26.4. The monoisotopic (exact) mass is 350 g/mol. The summed E-state index contributed by atoms with van der Waals surface area (Å²) in [5.74, 6) is 0.206. The quantitative estimate of drug-likeness (QED) is 0.786. The van der Waals surface area contributed by atoms with Crippen molar-refractivity contribution in [1.82, 2.24) is 9.80 Å². The van der Waals surface area contributed by atoms with E-state index in [2.05, 4.69) is 4.90 Å². The van der Waals surface area contributed by atoms with Crippen LogP contribution in [0.15, 0.2) is 24.3 Å². The Morgan fingerprint density at radius 2 is 2.08 bits per heavy atom. The molecule has 1 amide bonds. The third kappa shape index (κ3) is 4.77. The van der Waals surface area contributed by atoms with Gasteiger partial charge in [0.2, 0.25) is 5.91 Å². The lowest BCUT2D eigenvalue weighted by molar-refractivity contribution is -0.134. The fourth-order valence-electron chi connectivity index (χ4n) is 3.72. The van der Waals surface area contributed by atoms with E-state index in [1.807, 2.05) is 12.1 Å². The number of hydrogen-bond donors (Lipinski definition) is 0. The molecule has 0 bridgehead atoms. The minimum atomic E-state index is -0.200. The summed E-state index contributed by atoms with van der Waals surface area (Å²) in [5.41, 5.74) is 1.12. The van der Waals surface area contributed by atoms with Gasteiger partial charge in [-0.15, -0.1) is 0 Å². The lowest BCUT2D eigenvalue weighted by Gasteiger charge is -2.37. The Hall–Kier alpha value is -1.50. The van der Waals surface area contributed by atoms with Crippen LogP contribution in [0.1, 0.15) is 18.4 Å². The minimum Gasteiger partial charge on any atom is -0.375 e. The molecule has 0 radical (unpaired) electrons. The van der Waals surface area contributed by atoms with E-state index in [4.69, 9.17) is 9.47 Å². The molecule has 1 saturated heterocycles. The third-order valence-electron chi connectivity index (χ3n) is 5.13. The molecule has 138 valence electrons. The van der Waals surface area contributed by atoms with Crippen molar-refractivity contribution in [3.05, 3.63) is 35.6 Å². The molecule has 2 fully saturated rings. The van der Waals surface area contributed by atoms with E-state index in [-0.39, 0.29) is 24.4 Å². The third-order valence-corrected chi connectivity index (χ3v) is 5.13. The van der Waals surface area contributed by atoms with Crippen LogP contribution >= 0.6 is 0 Å². The van der Waals surface area contributed by atoms with Crippen molar-refractivity contribution in [2.45, 2.75) is 31.5 Å². The van der Waals surface area contributed by atoms with Crippen LogP contribution in [-0.4, -0.2) is 68.3 Å². The first-order valence-electron chi connectivity index (χ1n) is 8.91. The summed E-state index contributed by atoms with van der Waals surface area (Å²) in [6.07, 6.45) is 2.22. The highest BCUT2D eigenvalue weighted by Crippen LogP contribution is 2.35. The highest BCUT2D eigenvalue weighted by Gasteiger charge is 2.40. The lowest BCUT2D eigenvalue weighted by Crippen LogP contribution is -2.47. The summed E-state index contributed by atoms with van der Waals surface area (Å²) < 4.78 is 24.6. The number of likely N-dealkylation sites (N-methyl/N-ethyl adjacent to an activating group) is 1. The molecule has 3 atom stereocenters. The van der Waals surface area contributed by atoms with Crippen molar-refractivity contribution in [2.75, 3.05) is 40.5 Å². The number of halogens is 1. The number of rotatable bonds is 6. The van der Waals surface area contributed by atoms with Crippen LogP contribution in [0, 0.1) is 11.7 Å². The largest absolute Gasteiger partial charge is 0.375 e. The van der Waals surface area contributed by atoms with Gasteiger partial charge in [-0.3, -0.25) is 9.69 Å². The standard InChI is InChI=1S/C19H27FN2O3/c1-21(2)19(23)13-24-12-15-9-17-18(10-15)25-8-7-22(17)11-14-3-5-16(20)6-4-14/h3-6,15,17-18H,7-13H2,1-2H3/t15-,17+,18-/m0/s1. The van der Waals surface area contributed by atoms with E-state index >= 15 is 0 Å². The molecular weight excluding hydrogens is 323 g/mol. The van der Waals surface area contributed by atoms with Gasteiger partial charge in [-0.05, 0) is 36.5 Å². The molecule has 5 nitrogen and oxygen atoms in total. The molecular formula is C19H27FN2O3. The van der Waals surface area contributed by atoms with Gasteiger partial charge in [0.15, 0.2) is 0 Å². The van der Waals surface area contributed by atoms with Gasteiger partial charge < -0.3 is 14.4 Å². The van der Waals surface area contributed by atoms with Gasteiger partial charge >= 0.3 is 0 Å². The fourth-order valence-corrected chi connectivity index (χ4v) is 3.72. The average molecular weight is 350 g/mol. The number of carbonyl (C=O) groups is 1. The molecule has 1 saturated carbocycles. The molecule has 1 aliphatic heterocycles. The molecule has 1 aromatic rings. The maximum absolute atomic E-state index is 13.1. The molecule has 0 N–H and O–H groups in total. The summed E-state index contributed by atoms with van der Waals surface area (Å²) in [6, 6.07) is 7.10. The second-order valence-electron chi connectivity index (χ2n) is 7.21. The Morgan fingerprint density at radius 1 is 1.32 bits per heavy atom. The molecule has 0 aromatic heterocycles. The highest BCUT2D eigenvalue weighted by molar-refractivity contribution is 5.76. The van der Waals surface area contributed by atoms with Gasteiger partial charge in [-0.2, -0.15) is 0 Å². The van der Waals surface area contributed by atoms with Gasteiger partial charge in [0.25, 0.3) is 0 Å². The summed E-state index contributed by atoms with van der Waals surface area (Å²) in [7, 11) is 3.47. The maximum atomic E-state index is 13.1. The second kappa shape index (κ2) is 8.25. The zero-order valence-corrected chi connectivity index (χ0v) is 15.0. The van der Waals surface area contributed by atoms with E-state index in [0.29, 0.717) is 18.6 Å². The SMILES string of the molecule is CN(C)C(=O)COC[C@@H]1C[C@@H]2OCCN(Cc3ccc(F)cc3)[C@@H]2C1. The van der Waals surface area contributed by atoms with Gasteiger partial charge in [-0.1, -0.05) is 12.1 Å². The first kappa shape index (κ1) is 18.3. The van der Waals surface area contributed by atoms with Crippen molar-refractivity contribution in [1.29, 1.82) is 0 Å². The predicted molar refractivity (Wildman–Crippen MR) is 92.6 cm³/mol. The van der Waals surface area contributed by atoms with Gasteiger partial charge in [0.1, 0.15) is 12.4 Å². The topological polar surface area (TPSA) is 42.0 Å². The zero-order valence-electron chi connectivity index (χ0n) is 15.0. The van der Waals surface area contributed by atoms with E-state index < -0.39 is 0 Å². The number of fused-ring (bicyclic) bond motifs is 1. The van der Waals surface area contributed by atoms with Crippen LogP contribution in [0.25, 0.3) is 0 Å². The molecule has 1 aromatic carbocycles. The van der Waals surface area contributed by atoms with Gasteiger partial charge in [0, 0.05) is 33.2 Å². The summed E-state index contributed by atoms with van der Waals surface area (Å²) in [5, 5.41) is 0. The van der Waals surface area contributed by atoms with Crippen LogP contribution in [0.2, 0.25) is 0 Å². The van der Waals surface area contributed by atoms with Crippen LogP contribution in [0.3, 0.4) is 0 Å². The second-order valence-corrected chi connectivity index (χ2v) is 7.21. The van der Waals surface area contributed by atoms with Crippen LogP contribution < -0.4 is 0 Å². The van der Waals surface area contributed by atoms with Crippen LogP contribution in [0.5, 0.6) is 0 Å². The summed E-state index contributed by atoms with van der Waals surface area (Å²) >= 11 is 0. The Bertz CT molecular complexity index is 579. The summed E-state index contributed by atoms with van der Waals surface area (Å²) in [6.45, 7) is 3.18.